The quantitative estimate of drug-likeness (QED) is 0.407. The smallest absolute Gasteiger partial charge is 0.0644 e. The Morgan fingerprint density at radius 1 is 1.50 bits per heavy atom. The van der Waals surface area contributed by atoms with E-state index in [0.29, 0.717) is 5.92 Å². The van der Waals surface area contributed by atoms with Crippen LogP contribution in [0.5, 0.6) is 0 Å². The van der Waals surface area contributed by atoms with Gasteiger partial charge in [-0.3, -0.25) is 0 Å². The highest BCUT2D eigenvalue weighted by molar-refractivity contribution is 5.97. The SMILES string of the molecule is C/C=C\C(=N/N)[C@@H]1CN2CCC[C@H]1C2. The first-order valence-electron chi connectivity index (χ1n) is 5.48. The van der Waals surface area contributed by atoms with E-state index in [2.05, 4.69) is 16.1 Å². The standard InChI is InChI=1S/C11H19N3/c1-2-4-11(13-12)10-8-14-6-3-5-9(10)7-14/h2,4,9-10H,3,5-8,12H2,1H3/b4-2-,13-11+/t9-,10+/m0/s1. The summed E-state index contributed by atoms with van der Waals surface area (Å²) in [5.41, 5.74) is 1.09. The molecular formula is C11H19N3. The summed E-state index contributed by atoms with van der Waals surface area (Å²) in [6.07, 6.45) is 6.78. The zero-order chi connectivity index (χ0) is 9.97. The third-order valence-electron chi connectivity index (χ3n) is 3.43. The number of hydrogen-bond acceptors (Lipinski definition) is 3. The predicted octanol–water partition coefficient (Wildman–Crippen LogP) is 1.22. The minimum absolute atomic E-state index is 0.582. The normalized spacial score (nSPS) is 38.1. The lowest BCUT2D eigenvalue weighted by molar-refractivity contribution is 0.269. The first-order valence-corrected chi connectivity index (χ1v) is 5.48. The van der Waals surface area contributed by atoms with Crippen LogP contribution in [0.1, 0.15) is 19.8 Å². The fourth-order valence-electron chi connectivity index (χ4n) is 2.78. The molecule has 0 spiro atoms. The molecule has 0 aromatic carbocycles. The van der Waals surface area contributed by atoms with E-state index in [1.807, 2.05) is 13.0 Å². The number of nitrogens with two attached hydrogens (primary N) is 1. The fraction of sp³-hybridized carbons (Fsp3) is 0.727. The molecule has 2 heterocycles. The van der Waals surface area contributed by atoms with E-state index in [4.69, 9.17) is 5.84 Å². The summed E-state index contributed by atoms with van der Waals surface area (Å²) in [7, 11) is 0. The van der Waals surface area contributed by atoms with Gasteiger partial charge in [-0.05, 0) is 38.3 Å². The first kappa shape index (κ1) is 9.71. The van der Waals surface area contributed by atoms with Gasteiger partial charge in [0, 0.05) is 19.0 Å². The van der Waals surface area contributed by atoms with Gasteiger partial charge in [-0.15, -0.1) is 0 Å². The minimum atomic E-state index is 0.582. The van der Waals surface area contributed by atoms with Crippen LogP contribution in [-0.4, -0.2) is 30.2 Å². The van der Waals surface area contributed by atoms with Crippen LogP contribution in [0.15, 0.2) is 17.3 Å². The zero-order valence-electron chi connectivity index (χ0n) is 8.82. The molecule has 2 saturated heterocycles. The Labute approximate surface area is 85.7 Å². The number of allylic oxidation sites excluding steroid dienone is 2. The molecule has 0 saturated carbocycles. The molecule has 2 N–H and O–H groups in total. The number of rotatable bonds is 2. The lowest BCUT2D eigenvalue weighted by Crippen LogP contribution is -2.25. The van der Waals surface area contributed by atoms with Crippen LogP contribution in [0.25, 0.3) is 0 Å². The Bertz CT molecular complexity index is 257. The Hall–Kier alpha value is -0.830. The molecule has 1 unspecified atom stereocenters. The average Bonchev–Trinajstić information content (AvgIpc) is 2.50. The highest BCUT2D eigenvalue weighted by Crippen LogP contribution is 2.32. The monoisotopic (exact) mass is 193 g/mol. The van der Waals surface area contributed by atoms with Gasteiger partial charge in [0.2, 0.25) is 0 Å². The Kier molecular flexibility index (Phi) is 2.87. The number of hydrogen-bond donors (Lipinski definition) is 1. The van der Waals surface area contributed by atoms with Crippen LogP contribution in [0.3, 0.4) is 0 Å². The predicted molar refractivity (Wildman–Crippen MR) is 59.1 cm³/mol. The van der Waals surface area contributed by atoms with Crippen LogP contribution in [0.2, 0.25) is 0 Å². The van der Waals surface area contributed by atoms with Crippen LogP contribution < -0.4 is 5.84 Å². The van der Waals surface area contributed by atoms with Gasteiger partial charge >= 0.3 is 0 Å². The van der Waals surface area contributed by atoms with Gasteiger partial charge < -0.3 is 10.7 Å². The van der Waals surface area contributed by atoms with Crippen LogP contribution in [-0.2, 0) is 0 Å². The minimum Gasteiger partial charge on any atom is -0.323 e. The van der Waals surface area contributed by atoms with E-state index in [1.54, 1.807) is 0 Å². The van der Waals surface area contributed by atoms with Crippen molar-refractivity contribution in [2.24, 2.45) is 22.8 Å². The van der Waals surface area contributed by atoms with E-state index in [-0.39, 0.29) is 0 Å². The van der Waals surface area contributed by atoms with Gasteiger partial charge in [0.1, 0.15) is 0 Å². The summed E-state index contributed by atoms with van der Waals surface area (Å²) in [6.45, 7) is 5.69. The summed E-state index contributed by atoms with van der Waals surface area (Å²) in [5, 5.41) is 3.92. The van der Waals surface area contributed by atoms with E-state index in [9.17, 15) is 0 Å². The Morgan fingerprint density at radius 3 is 3.00 bits per heavy atom. The molecule has 0 aromatic heterocycles. The highest BCUT2D eigenvalue weighted by atomic mass is 15.2. The molecule has 2 rings (SSSR count). The summed E-state index contributed by atoms with van der Waals surface area (Å²) in [5.74, 6) is 6.82. The number of piperidine rings is 1. The van der Waals surface area contributed by atoms with Crippen LogP contribution in [0, 0.1) is 11.8 Å². The molecule has 14 heavy (non-hydrogen) atoms. The third-order valence-corrected chi connectivity index (χ3v) is 3.43. The maximum atomic E-state index is 5.44. The van der Waals surface area contributed by atoms with Gasteiger partial charge in [0.15, 0.2) is 0 Å². The largest absolute Gasteiger partial charge is 0.323 e. The van der Waals surface area contributed by atoms with Crippen molar-refractivity contribution in [1.82, 2.24) is 4.90 Å². The molecule has 0 aliphatic carbocycles. The van der Waals surface area contributed by atoms with Gasteiger partial charge in [0.05, 0.1) is 5.71 Å². The van der Waals surface area contributed by atoms with Crippen LogP contribution in [0.4, 0.5) is 0 Å². The zero-order valence-corrected chi connectivity index (χ0v) is 8.82. The van der Waals surface area contributed by atoms with Crippen molar-refractivity contribution in [2.45, 2.75) is 19.8 Å². The average molecular weight is 193 g/mol. The van der Waals surface area contributed by atoms with Gasteiger partial charge in [-0.1, -0.05) is 6.08 Å². The molecular weight excluding hydrogens is 174 g/mol. The van der Waals surface area contributed by atoms with Gasteiger partial charge in [-0.2, -0.15) is 5.10 Å². The fourth-order valence-corrected chi connectivity index (χ4v) is 2.78. The van der Waals surface area contributed by atoms with Crippen molar-refractivity contribution in [2.75, 3.05) is 19.6 Å². The van der Waals surface area contributed by atoms with E-state index in [0.717, 1.165) is 18.2 Å². The topological polar surface area (TPSA) is 41.6 Å². The van der Waals surface area contributed by atoms with Crippen molar-refractivity contribution in [3.63, 3.8) is 0 Å². The van der Waals surface area contributed by atoms with Crippen molar-refractivity contribution in [1.29, 1.82) is 0 Å². The van der Waals surface area contributed by atoms with Crippen LogP contribution >= 0.6 is 0 Å². The van der Waals surface area contributed by atoms with Crippen molar-refractivity contribution < 1.29 is 0 Å². The lowest BCUT2D eigenvalue weighted by Gasteiger charge is -2.21. The van der Waals surface area contributed by atoms with Gasteiger partial charge in [0.25, 0.3) is 0 Å². The van der Waals surface area contributed by atoms with E-state index >= 15 is 0 Å². The molecule has 78 valence electrons. The first-order chi connectivity index (χ1) is 6.85. The highest BCUT2D eigenvalue weighted by Gasteiger charge is 2.37. The summed E-state index contributed by atoms with van der Waals surface area (Å²) >= 11 is 0. The molecule has 2 aliphatic rings. The molecule has 0 amide bonds. The summed E-state index contributed by atoms with van der Waals surface area (Å²) in [4.78, 5) is 2.54. The molecule has 0 radical (unpaired) electrons. The second-order valence-electron chi connectivity index (χ2n) is 4.32. The van der Waals surface area contributed by atoms with Crippen molar-refractivity contribution in [3.8, 4) is 0 Å². The summed E-state index contributed by atoms with van der Waals surface area (Å²) < 4.78 is 0. The summed E-state index contributed by atoms with van der Waals surface area (Å²) in [6, 6.07) is 0. The second kappa shape index (κ2) is 4.13. The van der Waals surface area contributed by atoms with Crippen molar-refractivity contribution >= 4 is 5.71 Å². The molecule has 3 atom stereocenters. The van der Waals surface area contributed by atoms with E-state index in [1.165, 1.54) is 25.9 Å². The van der Waals surface area contributed by atoms with Gasteiger partial charge in [-0.25, -0.2) is 0 Å². The number of nitrogens with zero attached hydrogens (tertiary/aromatic N) is 2. The number of hydrazone groups is 1. The molecule has 2 aliphatic heterocycles. The number of fused-ring (bicyclic) bond motifs is 2. The maximum absolute atomic E-state index is 5.44. The third kappa shape index (κ3) is 1.69. The second-order valence-corrected chi connectivity index (χ2v) is 4.32. The Morgan fingerprint density at radius 2 is 2.36 bits per heavy atom. The molecule has 3 heteroatoms. The molecule has 3 nitrogen and oxygen atoms in total. The molecule has 2 fully saturated rings. The van der Waals surface area contributed by atoms with E-state index < -0.39 is 0 Å². The molecule has 0 aromatic rings. The van der Waals surface area contributed by atoms with Crippen molar-refractivity contribution in [3.05, 3.63) is 12.2 Å². The lowest BCUT2D eigenvalue weighted by atomic mass is 9.87. The Balaban J connectivity index is 2.11. The maximum Gasteiger partial charge on any atom is 0.0644 e. The molecule has 2 bridgehead atoms.